The van der Waals surface area contributed by atoms with Crippen LogP contribution in [-0.2, 0) is 14.1 Å². The molecule has 2 N–H and O–H groups in total. The van der Waals surface area contributed by atoms with Crippen LogP contribution in [0.3, 0.4) is 0 Å². The second-order valence-electron chi connectivity index (χ2n) is 4.40. The topological polar surface area (TPSA) is 128 Å². The van der Waals surface area contributed by atoms with Crippen molar-refractivity contribution in [2.45, 2.75) is 0 Å². The predicted octanol–water partition coefficient (Wildman–Crippen LogP) is -1.79. The average Bonchev–Trinajstić information content (AvgIpc) is 2.87. The number of nitrogens with zero attached hydrogens (tertiary/aromatic N) is 5. The standard InChI is InChI=1S/C11H10N6O4/c1-15-7-5(10(20)16(2)11(15)21)17(4-14-7)6-8(18)12-3-13-9(6)19/h3-4H,1-2H3,(H2,12,13,18,19). The fourth-order valence-corrected chi connectivity index (χ4v) is 2.11. The Morgan fingerprint density at radius 2 is 1.86 bits per heavy atom. The number of nitrogens with one attached hydrogen (secondary N) is 1. The molecule has 0 bridgehead atoms. The van der Waals surface area contributed by atoms with Gasteiger partial charge in [0.05, 0.1) is 6.33 Å². The fraction of sp³-hybridized carbons (Fsp3) is 0.182. The molecule has 3 heterocycles. The Morgan fingerprint density at radius 3 is 2.52 bits per heavy atom. The zero-order valence-corrected chi connectivity index (χ0v) is 11.1. The van der Waals surface area contributed by atoms with Gasteiger partial charge in [0.15, 0.2) is 16.9 Å². The molecule has 0 atom stereocenters. The van der Waals surface area contributed by atoms with E-state index in [1.807, 2.05) is 0 Å². The van der Waals surface area contributed by atoms with E-state index in [0.717, 1.165) is 15.5 Å². The normalized spacial score (nSPS) is 11.1. The van der Waals surface area contributed by atoms with Crippen LogP contribution in [0.25, 0.3) is 16.9 Å². The Kier molecular flexibility index (Phi) is 2.55. The Labute approximate surface area is 115 Å². The van der Waals surface area contributed by atoms with Crippen LogP contribution in [0.4, 0.5) is 0 Å². The minimum atomic E-state index is -0.641. The van der Waals surface area contributed by atoms with E-state index in [9.17, 15) is 19.5 Å². The molecule has 0 fully saturated rings. The van der Waals surface area contributed by atoms with Gasteiger partial charge in [0.2, 0.25) is 5.88 Å². The molecule has 0 radical (unpaired) electrons. The molecule has 108 valence electrons. The third-order valence-electron chi connectivity index (χ3n) is 3.20. The van der Waals surface area contributed by atoms with Gasteiger partial charge in [-0.25, -0.2) is 14.8 Å². The summed E-state index contributed by atoms with van der Waals surface area (Å²) in [4.78, 5) is 45.8. The van der Waals surface area contributed by atoms with Gasteiger partial charge in [-0.3, -0.25) is 23.3 Å². The van der Waals surface area contributed by atoms with Crippen molar-refractivity contribution < 1.29 is 5.11 Å². The van der Waals surface area contributed by atoms with E-state index >= 15 is 0 Å². The van der Waals surface area contributed by atoms with E-state index in [1.54, 1.807) is 0 Å². The number of aromatic amines is 1. The molecule has 0 aliphatic heterocycles. The molecule has 21 heavy (non-hydrogen) atoms. The number of aromatic nitrogens is 6. The first-order valence-electron chi connectivity index (χ1n) is 5.83. The molecular formula is C11H10N6O4. The van der Waals surface area contributed by atoms with Crippen LogP contribution < -0.4 is 16.8 Å². The lowest BCUT2D eigenvalue weighted by atomic mass is 10.4. The molecule has 3 aromatic rings. The molecule has 0 aliphatic carbocycles. The van der Waals surface area contributed by atoms with Gasteiger partial charge in [0.25, 0.3) is 11.1 Å². The fourth-order valence-electron chi connectivity index (χ4n) is 2.11. The van der Waals surface area contributed by atoms with Crippen molar-refractivity contribution in [3.05, 3.63) is 43.8 Å². The van der Waals surface area contributed by atoms with Crippen molar-refractivity contribution in [1.82, 2.24) is 28.7 Å². The van der Waals surface area contributed by atoms with Crippen LogP contribution in [0.5, 0.6) is 5.88 Å². The molecule has 0 aromatic carbocycles. The van der Waals surface area contributed by atoms with E-state index in [2.05, 4.69) is 15.0 Å². The SMILES string of the molecule is Cn1c(=O)c2c(ncn2-c2c(O)nc[nH]c2=O)n(C)c1=O. The van der Waals surface area contributed by atoms with Crippen molar-refractivity contribution in [3.63, 3.8) is 0 Å². The van der Waals surface area contributed by atoms with Crippen LogP contribution in [0, 0.1) is 0 Å². The van der Waals surface area contributed by atoms with E-state index in [0.29, 0.717) is 0 Å². The number of hydrogen-bond donors (Lipinski definition) is 2. The number of aryl methyl sites for hydroxylation is 1. The highest BCUT2D eigenvalue weighted by Gasteiger charge is 2.19. The molecular weight excluding hydrogens is 280 g/mol. The van der Waals surface area contributed by atoms with Gasteiger partial charge >= 0.3 is 5.69 Å². The lowest BCUT2D eigenvalue weighted by Gasteiger charge is -2.06. The summed E-state index contributed by atoms with van der Waals surface area (Å²) in [5.41, 5.74) is -1.96. The molecule has 0 aliphatic rings. The molecule has 0 spiro atoms. The van der Waals surface area contributed by atoms with Crippen molar-refractivity contribution in [3.8, 4) is 11.6 Å². The Hall–Kier alpha value is -3.17. The van der Waals surface area contributed by atoms with E-state index in [4.69, 9.17) is 0 Å². The second-order valence-corrected chi connectivity index (χ2v) is 4.40. The maximum atomic E-state index is 12.3. The maximum absolute atomic E-state index is 12.3. The first-order valence-corrected chi connectivity index (χ1v) is 5.83. The van der Waals surface area contributed by atoms with Gasteiger partial charge in [0, 0.05) is 14.1 Å². The van der Waals surface area contributed by atoms with Gasteiger partial charge in [0.1, 0.15) is 6.33 Å². The molecule has 10 heteroatoms. The molecule has 0 unspecified atom stereocenters. The van der Waals surface area contributed by atoms with Crippen molar-refractivity contribution in [2.24, 2.45) is 14.1 Å². The van der Waals surface area contributed by atoms with E-state index in [1.165, 1.54) is 25.0 Å². The van der Waals surface area contributed by atoms with Crippen LogP contribution in [-0.4, -0.2) is 33.8 Å². The smallest absolute Gasteiger partial charge is 0.332 e. The maximum Gasteiger partial charge on any atom is 0.332 e. The molecule has 0 amide bonds. The Morgan fingerprint density at radius 1 is 1.14 bits per heavy atom. The summed E-state index contributed by atoms with van der Waals surface area (Å²) in [6.07, 6.45) is 2.21. The summed E-state index contributed by atoms with van der Waals surface area (Å²) < 4.78 is 3.18. The van der Waals surface area contributed by atoms with Gasteiger partial charge in [-0.2, -0.15) is 0 Å². The number of fused-ring (bicyclic) bond motifs is 1. The van der Waals surface area contributed by atoms with Gasteiger partial charge in [-0.15, -0.1) is 0 Å². The van der Waals surface area contributed by atoms with Crippen LogP contribution in [0.2, 0.25) is 0 Å². The largest absolute Gasteiger partial charge is 0.492 e. The third kappa shape index (κ3) is 1.62. The predicted molar refractivity (Wildman–Crippen MR) is 71.6 cm³/mol. The molecule has 0 saturated heterocycles. The third-order valence-corrected chi connectivity index (χ3v) is 3.20. The highest BCUT2D eigenvalue weighted by atomic mass is 16.3. The molecule has 3 aromatic heterocycles. The van der Waals surface area contributed by atoms with Gasteiger partial charge in [-0.1, -0.05) is 0 Å². The van der Waals surface area contributed by atoms with Crippen LogP contribution in [0.1, 0.15) is 0 Å². The number of aromatic hydroxyl groups is 1. The quantitative estimate of drug-likeness (QED) is 0.545. The van der Waals surface area contributed by atoms with Crippen molar-refractivity contribution in [1.29, 1.82) is 0 Å². The summed E-state index contributed by atoms with van der Waals surface area (Å²) in [6, 6.07) is 0. The lowest BCUT2D eigenvalue weighted by molar-refractivity contribution is 0.448. The lowest BCUT2D eigenvalue weighted by Crippen LogP contribution is -2.37. The monoisotopic (exact) mass is 290 g/mol. The van der Waals surface area contributed by atoms with Crippen molar-refractivity contribution >= 4 is 11.2 Å². The number of hydrogen-bond acceptors (Lipinski definition) is 6. The molecule has 0 saturated carbocycles. The summed E-state index contributed by atoms with van der Waals surface area (Å²) in [5, 5.41) is 9.75. The summed E-state index contributed by atoms with van der Waals surface area (Å²) in [5.74, 6) is -0.547. The van der Waals surface area contributed by atoms with E-state index < -0.39 is 22.7 Å². The summed E-state index contributed by atoms with van der Waals surface area (Å²) in [7, 11) is 2.77. The minimum Gasteiger partial charge on any atom is -0.492 e. The minimum absolute atomic E-state index is 0.00611. The zero-order chi connectivity index (χ0) is 15.3. The molecule has 10 nitrogen and oxygen atoms in total. The Bertz CT molecular complexity index is 1040. The zero-order valence-electron chi connectivity index (χ0n) is 11.1. The van der Waals surface area contributed by atoms with Crippen LogP contribution in [0.15, 0.2) is 27.0 Å². The van der Waals surface area contributed by atoms with Crippen LogP contribution >= 0.6 is 0 Å². The van der Waals surface area contributed by atoms with Gasteiger partial charge < -0.3 is 10.1 Å². The van der Waals surface area contributed by atoms with E-state index in [-0.39, 0.29) is 16.9 Å². The van der Waals surface area contributed by atoms with Crippen molar-refractivity contribution in [2.75, 3.05) is 0 Å². The molecule has 3 rings (SSSR count). The average molecular weight is 290 g/mol. The second kappa shape index (κ2) is 4.16. The first-order chi connectivity index (χ1) is 9.93. The number of rotatable bonds is 1. The summed E-state index contributed by atoms with van der Waals surface area (Å²) in [6.45, 7) is 0. The highest BCUT2D eigenvalue weighted by Crippen LogP contribution is 2.16. The Balaban J connectivity index is 2.56. The number of H-pyrrole nitrogens is 1. The first kappa shape index (κ1) is 12.8. The van der Waals surface area contributed by atoms with Gasteiger partial charge in [-0.05, 0) is 0 Å². The number of imidazole rings is 1. The summed E-state index contributed by atoms with van der Waals surface area (Å²) >= 11 is 0. The highest BCUT2D eigenvalue weighted by molar-refractivity contribution is 5.73.